The van der Waals surface area contributed by atoms with Gasteiger partial charge in [-0.25, -0.2) is 0 Å². The first-order valence-electron chi connectivity index (χ1n) is 4.38. The van der Waals surface area contributed by atoms with Crippen LogP contribution in [-0.2, 0) is 9.53 Å². The van der Waals surface area contributed by atoms with Gasteiger partial charge in [-0.3, -0.25) is 4.79 Å². The third-order valence-electron chi connectivity index (χ3n) is 2.03. The largest absolute Gasteiger partial charge is 0.469 e. The summed E-state index contributed by atoms with van der Waals surface area (Å²) >= 11 is 0. The molecule has 6 N–H and O–H groups in total. The van der Waals surface area contributed by atoms with Crippen LogP contribution < -0.4 is 11.1 Å². The maximum Gasteiger partial charge on any atom is 0.221 e. The lowest BCUT2D eigenvalue weighted by Crippen LogP contribution is -2.51. The van der Waals surface area contributed by atoms with E-state index in [0.29, 0.717) is 0 Å². The minimum Gasteiger partial charge on any atom is -0.469 e. The molecule has 1 amide bonds. The topological polar surface area (TPSA) is 125 Å². The number of hydrogen-bond acceptors (Lipinski definition) is 6. The molecule has 7 heteroatoms. The maximum absolute atomic E-state index is 10.8. The minimum atomic E-state index is -1.38. The monoisotopic (exact) mass is 218 g/mol. The van der Waals surface area contributed by atoms with Gasteiger partial charge in [-0.2, -0.15) is 0 Å². The van der Waals surface area contributed by atoms with Gasteiger partial charge < -0.3 is 31.1 Å². The highest BCUT2D eigenvalue weighted by Crippen LogP contribution is 2.20. The Balaban J connectivity index is 2.89. The van der Waals surface area contributed by atoms with Crippen LogP contribution in [-0.4, -0.2) is 46.1 Å². The molecular weight excluding hydrogens is 204 g/mol. The highest BCUT2D eigenvalue weighted by atomic mass is 16.5. The molecule has 86 valence electrons. The van der Waals surface area contributed by atoms with E-state index in [-0.39, 0.29) is 11.6 Å². The summed E-state index contributed by atoms with van der Waals surface area (Å²) < 4.78 is 4.91. The van der Waals surface area contributed by atoms with Crippen molar-refractivity contribution in [3.63, 3.8) is 0 Å². The van der Waals surface area contributed by atoms with Crippen molar-refractivity contribution in [3.8, 4) is 0 Å². The molecule has 1 heterocycles. The van der Waals surface area contributed by atoms with E-state index in [0.717, 1.165) is 0 Å². The Morgan fingerprint density at radius 3 is 2.67 bits per heavy atom. The summed E-state index contributed by atoms with van der Waals surface area (Å²) in [6.07, 6.45) is -3.69. The standard InChI is InChI=1S/C8H14N2O5/c1-3(12)10-5-7(14)6(13)4(2-11)15-8(5)9/h4,6-7,11,13-14H,2,9H2,1H3,(H,10,12)/t4-,6-,7-/m1/s1. The molecular formula is C8H14N2O5. The maximum atomic E-state index is 10.8. The molecule has 0 aromatic carbocycles. The summed E-state index contributed by atoms with van der Waals surface area (Å²) in [6.45, 7) is 0.754. The van der Waals surface area contributed by atoms with Gasteiger partial charge in [-0.15, -0.1) is 0 Å². The molecule has 0 bridgehead atoms. The van der Waals surface area contributed by atoms with E-state index in [2.05, 4.69) is 5.32 Å². The van der Waals surface area contributed by atoms with Crippen molar-refractivity contribution in [2.45, 2.75) is 25.2 Å². The molecule has 0 aromatic rings. The summed E-state index contributed by atoms with van der Waals surface area (Å²) in [5.41, 5.74) is 5.32. The van der Waals surface area contributed by atoms with Crippen molar-refractivity contribution in [3.05, 3.63) is 11.6 Å². The van der Waals surface area contributed by atoms with Crippen molar-refractivity contribution in [1.82, 2.24) is 5.32 Å². The number of amides is 1. The molecule has 1 aliphatic heterocycles. The molecule has 0 fully saturated rings. The van der Waals surface area contributed by atoms with E-state index in [4.69, 9.17) is 15.6 Å². The van der Waals surface area contributed by atoms with Crippen LogP contribution in [0.3, 0.4) is 0 Å². The first-order valence-corrected chi connectivity index (χ1v) is 4.38. The molecule has 1 aliphatic rings. The van der Waals surface area contributed by atoms with Gasteiger partial charge in [-0.05, 0) is 0 Å². The summed E-state index contributed by atoms with van der Waals surface area (Å²) in [6, 6.07) is 0. The lowest BCUT2D eigenvalue weighted by atomic mass is 10.0. The molecule has 3 atom stereocenters. The fourth-order valence-electron chi connectivity index (χ4n) is 1.29. The van der Waals surface area contributed by atoms with E-state index < -0.39 is 30.8 Å². The van der Waals surface area contributed by atoms with Crippen molar-refractivity contribution >= 4 is 5.91 Å². The zero-order valence-corrected chi connectivity index (χ0v) is 8.17. The number of carbonyl (C=O) groups excluding carboxylic acids is 1. The fourth-order valence-corrected chi connectivity index (χ4v) is 1.29. The molecule has 0 aromatic heterocycles. The SMILES string of the molecule is CC(=O)NC1=C(N)O[C@H](CO)[C@@H](O)[C@@H]1O. The van der Waals surface area contributed by atoms with Gasteiger partial charge in [0.05, 0.1) is 6.61 Å². The molecule has 0 spiro atoms. The molecule has 0 saturated heterocycles. The van der Waals surface area contributed by atoms with Crippen molar-refractivity contribution in [1.29, 1.82) is 0 Å². The predicted molar refractivity (Wildman–Crippen MR) is 49.0 cm³/mol. The zero-order valence-electron chi connectivity index (χ0n) is 8.17. The lowest BCUT2D eigenvalue weighted by Gasteiger charge is -2.33. The second kappa shape index (κ2) is 4.47. The van der Waals surface area contributed by atoms with Crippen molar-refractivity contribution in [2.24, 2.45) is 5.73 Å². The van der Waals surface area contributed by atoms with Crippen LogP contribution in [0.2, 0.25) is 0 Å². The number of carbonyl (C=O) groups is 1. The van der Waals surface area contributed by atoms with E-state index in [1.165, 1.54) is 6.92 Å². The van der Waals surface area contributed by atoms with Gasteiger partial charge in [0.1, 0.15) is 17.9 Å². The van der Waals surface area contributed by atoms with Crippen LogP contribution in [0.4, 0.5) is 0 Å². The lowest BCUT2D eigenvalue weighted by molar-refractivity contribution is -0.122. The minimum absolute atomic E-state index is 0.0836. The predicted octanol–water partition coefficient (Wildman–Crippen LogP) is -2.64. The highest BCUT2D eigenvalue weighted by Gasteiger charge is 2.37. The number of aliphatic hydroxyl groups is 3. The van der Waals surface area contributed by atoms with Crippen LogP contribution in [0.5, 0.6) is 0 Å². The number of nitrogens with two attached hydrogens (primary N) is 1. The van der Waals surface area contributed by atoms with Gasteiger partial charge in [0.25, 0.3) is 0 Å². The van der Waals surface area contributed by atoms with Gasteiger partial charge in [0, 0.05) is 6.92 Å². The molecule has 7 nitrogen and oxygen atoms in total. The average Bonchev–Trinajstić information content (AvgIpc) is 2.18. The number of aliphatic hydroxyl groups excluding tert-OH is 3. The average molecular weight is 218 g/mol. The van der Waals surface area contributed by atoms with E-state index in [1.807, 2.05) is 0 Å². The Labute approximate surface area is 86.1 Å². The Bertz CT molecular complexity index is 291. The van der Waals surface area contributed by atoms with Gasteiger partial charge in [-0.1, -0.05) is 0 Å². The number of rotatable bonds is 2. The Morgan fingerprint density at radius 1 is 1.60 bits per heavy atom. The van der Waals surface area contributed by atoms with Crippen LogP contribution in [0.1, 0.15) is 6.92 Å². The van der Waals surface area contributed by atoms with Crippen LogP contribution >= 0.6 is 0 Å². The first-order chi connectivity index (χ1) is 6.97. The van der Waals surface area contributed by atoms with E-state index in [9.17, 15) is 15.0 Å². The van der Waals surface area contributed by atoms with Crippen molar-refractivity contribution < 1.29 is 24.9 Å². The Kier molecular flexibility index (Phi) is 3.51. The number of nitrogens with one attached hydrogen (secondary N) is 1. The second-order valence-electron chi connectivity index (χ2n) is 3.23. The molecule has 15 heavy (non-hydrogen) atoms. The molecule has 0 aliphatic carbocycles. The second-order valence-corrected chi connectivity index (χ2v) is 3.23. The Hall–Kier alpha value is -1.31. The quantitative estimate of drug-likeness (QED) is 0.345. The summed E-state index contributed by atoms with van der Waals surface area (Å²) in [5.74, 6) is -0.646. The molecule has 0 unspecified atom stereocenters. The third kappa shape index (κ3) is 2.38. The van der Waals surface area contributed by atoms with Gasteiger partial charge in [0.2, 0.25) is 11.8 Å². The summed E-state index contributed by atoms with van der Waals surface area (Å²) in [4.78, 5) is 10.8. The number of hydrogen-bond donors (Lipinski definition) is 5. The molecule has 1 rings (SSSR count). The van der Waals surface area contributed by atoms with Gasteiger partial charge >= 0.3 is 0 Å². The summed E-state index contributed by atoms with van der Waals surface area (Å²) in [7, 11) is 0. The highest BCUT2D eigenvalue weighted by molar-refractivity contribution is 5.75. The normalized spacial score (nSPS) is 31.1. The van der Waals surface area contributed by atoms with Crippen LogP contribution in [0.15, 0.2) is 11.6 Å². The molecule has 0 saturated carbocycles. The summed E-state index contributed by atoms with van der Waals surface area (Å²) in [5, 5.41) is 30.1. The third-order valence-corrected chi connectivity index (χ3v) is 2.03. The zero-order chi connectivity index (χ0) is 11.6. The number of ether oxygens (including phenoxy) is 1. The van der Waals surface area contributed by atoms with E-state index in [1.54, 1.807) is 0 Å². The van der Waals surface area contributed by atoms with E-state index >= 15 is 0 Å². The van der Waals surface area contributed by atoms with Crippen LogP contribution in [0.25, 0.3) is 0 Å². The van der Waals surface area contributed by atoms with Crippen molar-refractivity contribution in [2.75, 3.05) is 6.61 Å². The van der Waals surface area contributed by atoms with Gasteiger partial charge in [0.15, 0.2) is 6.10 Å². The van der Waals surface area contributed by atoms with Crippen LogP contribution in [0, 0.1) is 0 Å². The fraction of sp³-hybridized carbons (Fsp3) is 0.625. The molecule has 0 radical (unpaired) electrons. The Morgan fingerprint density at radius 2 is 2.20 bits per heavy atom. The first kappa shape index (κ1) is 11.8. The smallest absolute Gasteiger partial charge is 0.221 e.